The first-order valence-electron chi connectivity index (χ1n) is 4.66. The predicted molar refractivity (Wildman–Crippen MR) is 74.5 cm³/mol. The van der Waals surface area contributed by atoms with Gasteiger partial charge in [-0.2, -0.15) is 0 Å². The van der Waals surface area contributed by atoms with Gasteiger partial charge in [0.05, 0.1) is 0 Å². The maximum Gasteiger partial charge on any atom is 0.253 e. The van der Waals surface area contributed by atoms with Crippen LogP contribution in [0.15, 0.2) is 24.3 Å². The first kappa shape index (κ1) is 13.0. The average Bonchev–Trinajstić information content (AvgIpc) is 2.15. The standard InChI is InChI=1S/C11H13BrINO/c1-8(12)7-14(2)11(15)9-4-3-5-10(13)6-9/h3-6,8H,7H2,1-2H3. The third kappa shape index (κ3) is 4.10. The summed E-state index contributed by atoms with van der Waals surface area (Å²) in [6.45, 7) is 2.74. The second kappa shape index (κ2) is 5.84. The van der Waals surface area contributed by atoms with Gasteiger partial charge in [0.1, 0.15) is 0 Å². The summed E-state index contributed by atoms with van der Waals surface area (Å²) in [6.07, 6.45) is 0. The van der Waals surface area contributed by atoms with E-state index in [2.05, 4.69) is 38.5 Å². The van der Waals surface area contributed by atoms with E-state index in [4.69, 9.17) is 0 Å². The van der Waals surface area contributed by atoms with Crippen LogP contribution in [0.1, 0.15) is 17.3 Å². The van der Waals surface area contributed by atoms with Gasteiger partial charge in [-0.3, -0.25) is 4.79 Å². The molecule has 1 aromatic carbocycles. The third-order valence-corrected chi connectivity index (χ3v) is 2.90. The number of amides is 1. The highest BCUT2D eigenvalue weighted by Gasteiger charge is 2.12. The number of alkyl halides is 1. The van der Waals surface area contributed by atoms with Crippen LogP contribution in [0, 0.1) is 3.57 Å². The predicted octanol–water partition coefficient (Wildman–Crippen LogP) is 3.15. The van der Waals surface area contributed by atoms with Gasteiger partial charge in [0.25, 0.3) is 5.91 Å². The number of nitrogens with zero attached hydrogens (tertiary/aromatic N) is 1. The summed E-state index contributed by atoms with van der Waals surface area (Å²) in [5.74, 6) is 0.0693. The van der Waals surface area contributed by atoms with Crippen molar-refractivity contribution in [2.75, 3.05) is 13.6 Å². The summed E-state index contributed by atoms with van der Waals surface area (Å²) in [6, 6.07) is 7.63. The lowest BCUT2D eigenvalue weighted by atomic mass is 10.2. The van der Waals surface area contributed by atoms with E-state index in [1.54, 1.807) is 4.90 Å². The fourth-order valence-corrected chi connectivity index (χ4v) is 2.28. The van der Waals surface area contributed by atoms with Gasteiger partial charge in [0.2, 0.25) is 0 Å². The smallest absolute Gasteiger partial charge is 0.253 e. The molecule has 0 aromatic heterocycles. The highest BCUT2D eigenvalue weighted by atomic mass is 127. The van der Waals surface area contributed by atoms with Gasteiger partial charge in [-0.05, 0) is 40.8 Å². The molecule has 0 aliphatic heterocycles. The van der Waals surface area contributed by atoms with E-state index < -0.39 is 0 Å². The molecule has 0 heterocycles. The lowest BCUT2D eigenvalue weighted by molar-refractivity contribution is 0.0797. The van der Waals surface area contributed by atoms with Crippen LogP contribution in [0.2, 0.25) is 0 Å². The molecule has 82 valence electrons. The molecule has 2 nitrogen and oxygen atoms in total. The lowest BCUT2D eigenvalue weighted by Gasteiger charge is -2.18. The Hall–Kier alpha value is -0.100. The molecule has 0 fully saturated rings. The van der Waals surface area contributed by atoms with Crippen molar-refractivity contribution in [3.05, 3.63) is 33.4 Å². The SMILES string of the molecule is CC(Br)CN(C)C(=O)c1cccc(I)c1. The molecule has 1 unspecified atom stereocenters. The molecule has 0 spiro atoms. The van der Waals surface area contributed by atoms with Crippen molar-refractivity contribution in [3.63, 3.8) is 0 Å². The molecule has 4 heteroatoms. The lowest BCUT2D eigenvalue weighted by Crippen LogP contribution is -2.31. The number of benzene rings is 1. The number of rotatable bonds is 3. The second-order valence-electron chi connectivity index (χ2n) is 3.48. The average molecular weight is 382 g/mol. The number of carbonyl (C=O) groups is 1. The molecule has 15 heavy (non-hydrogen) atoms. The van der Waals surface area contributed by atoms with Crippen LogP contribution in [0.3, 0.4) is 0 Å². The van der Waals surface area contributed by atoms with E-state index in [1.165, 1.54) is 0 Å². The van der Waals surface area contributed by atoms with E-state index >= 15 is 0 Å². The zero-order valence-electron chi connectivity index (χ0n) is 8.71. The second-order valence-corrected chi connectivity index (χ2v) is 6.29. The molecule has 1 amide bonds. The topological polar surface area (TPSA) is 20.3 Å². The first-order valence-corrected chi connectivity index (χ1v) is 6.65. The van der Waals surface area contributed by atoms with E-state index in [0.29, 0.717) is 11.4 Å². The molecular weight excluding hydrogens is 369 g/mol. The van der Waals surface area contributed by atoms with Crippen molar-refractivity contribution >= 4 is 44.4 Å². The molecule has 0 saturated heterocycles. The fourth-order valence-electron chi connectivity index (χ4n) is 1.30. The van der Waals surface area contributed by atoms with Gasteiger partial charge in [-0.1, -0.05) is 28.9 Å². The summed E-state index contributed by atoms with van der Waals surface area (Å²) in [5.41, 5.74) is 0.748. The van der Waals surface area contributed by atoms with Gasteiger partial charge in [-0.25, -0.2) is 0 Å². The number of carbonyl (C=O) groups excluding carboxylic acids is 1. The molecule has 0 radical (unpaired) electrons. The Morgan fingerprint density at radius 2 is 2.27 bits per heavy atom. The van der Waals surface area contributed by atoms with E-state index in [9.17, 15) is 4.79 Å². The molecule has 1 atom stereocenters. The molecule has 0 aliphatic rings. The van der Waals surface area contributed by atoms with Crippen LogP contribution >= 0.6 is 38.5 Å². The van der Waals surface area contributed by atoms with Crippen LogP contribution in [0.25, 0.3) is 0 Å². The Balaban J connectivity index is 2.76. The minimum atomic E-state index is 0.0693. The van der Waals surface area contributed by atoms with Crippen LogP contribution < -0.4 is 0 Å². The minimum Gasteiger partial charge on any atom is -0.341 e. The van der Waals surface area contributed by atoms with Crippen LogP contribution in [0.5, 0.6) is 0 Å². The zero-order valence-corrected chi connectivity index (χ0v) is 12.4. The van der Waals surface area contributed by atoms with Gasteiger partial charge < -0.3 is 4.90 Å². The quantitative estimate of drug-likeness (QED) is 0.581. The molecule has 0 bridgehead atoms. The van der Waals surface area contributed by atoms with Crippen molar-refractivity contribution in [3.8, 4) is 0 Å². The monoisotopic (exact) mass is 381 g/mol. The van der Waals surface area contributed by atoms with Crippen molar-refractivity contribution in [1.29, 1.82) is 0 Å². The Labute approximate surface area is 112 Å². The van der Waals surface area contributed by atoms with Gasteiger partial charge in [0.15, 0.2) is 0 Å². The Morgan fingerprint density at radius 1 is 1.60 bits per heavy atom. The van der Waals surface area contributed by atoms with E-state index in [0.717, 1.165) is 9.13 Å². The van der Waals surface area contributed by atoms with E-state index in [1.807, 2.05) is 38.2 Å². The van der Waals surface area contributed by atoms with Gasteiger partial charge in [0, 0.05) is 27.6 Å². The van der Waals surface area contributed by atoms with Gasteiger partial charge >= 0.3 is 0 Å². The van der Waals surface area contributed by atoms with Crippen molar-refractivity contribution in [2.45, 2.75) is 11.8 Å². The highest BCUT2D eigenvalue weighted by Crippen LogP contribution is 2.10. The zero-order chi connectivity index (χ0) is 11.4. The fraction of sp³-hybridized carbons (Fsp3) is 0.364. The number of halogens is 2. The minimum absolute atomic E-state index is 0.0693. The molecular formula is C11H13BrINO. The molecule has 0 aliphatic carbocycles. The first-order chi connectivity index (χ1) is 7.00. The van der Waals surface area contributed by atoms with E-state index in [-0.39, 0.29) is 5.91 Å². The molecule has 1 aromatic rings. The summed E-state index contributed by atoms with van der Waals surface area (Å²) >= 11 is 5.64. The van der Waals surface area contributed by atoms with Crippen molar-refractivity contribution < 1.29 is 4.79 Å². The number of hydrogen-bond acceptors (Lipinski definition) is 1. The third-order valence-electron chi connectivity index (χ3n) is 1.94. The Kier molecular flexibility index (Phi) is 5.05. The Morgan fingerprint density at radius 3 is 2.80 bits per heavy atom. The van der Waals surface area contributed by atoms with Crippen molar-refractivity contribution in [2.24, 2.45) is 0 Å². The Bertz CT molecular complexity index is 354. The van der Waals surface area contributed by atoms with Crippen LogP contribution in [-0.2, 0) is 0 Å². The summed E-state index contributed by atoms with van der Waals surface area (Å²) < 4.78 is 1.08. The van der Waals surface area contributed by atoms with Gasteiger partial charge in [-0.15, -0.1) is 0 Å². The summed E-state index contributed by atoms with van der Waals surface area (Å²) in [7, 11) is 1.82. The normalized spacial score (nSPS) is 12.3. The largest absolute Gasteiger partial charge is 0.341 e. The summed E-state index contributed by atoms with van der Waals surface area (Å²) in [4.78, 5) is 14.0. The summed E-state index contributed by atoms with van der Waals surface area (Å²) in [5, 5.41) is 0. The molecule has 0 N–H and O–H groups in total. The molecule has 1 rings (SSSR count). The number of hydrogen-bond donors (Lipinski definition) is 0. The highest BCUT2D eigenvalue weighted by molar-refractivity contribution is 14.1. The van der Waals surface area contributed by atoms with Crippen LogP contribution in [0.4, 0.5) is 0 Å². The van der Waals surface area contributed by atoms with Crippen LogP contribution in [-0.4, -0.2) is 29.2 Å². The maximum atomic E-state index is 11.9. The molecule has 0 saturated carbocycles. The van der Waals surface area contributed by atoms with Crippen molar-refractivity contribution in [1.82, 2.24) is 4.90 Å². The maximum absolute atomic E-state index is 11.9.